The van der Waals surface area contributed by atoms with E-state index in [0.717, 1.165) is 14.5 Å². The van der Waals surface area contributed by atoms with E-state index >= 15 is 0 Å². The second kappa shape index (κ2) is 7.37. The highest BCUT2D eigenvalue weighted by Gasteiger charge is 2.06. The van der Waals surface area contributed by atoms with Crippen molar-refractivity contribution in [1.29, 1.82) is 0 Å². The number of anilines is 1. The van der Waals surface area contributed by atoms with E-state index < -0.39 is 5.97 Å². The molecule has 0 amide bonds. The van der Waals surface area contributed by atoms with Crippen LogP contribution in [0.5, 0.6) is 5.75 Å². The van der Waals surface area contributed by atoms with Crippen molar-refractivity contribution < 1.29 is 14.6 Å². The Hall–Kier alpha value is -1.93. The Bertz CT molecular complexity index is 695. The Morgan fingerprint density at radius 2 is 2.05 bits per heavy atom. The monoisotopic (exact) mass is 427 g/mol. The molecule has 1 aromatic heterocycles. The first-order valence-electron chi connectivity index (χ1n) is 6.02. The summed E-state index contributed by atoms with van der Waals surface area (Å²) in [6, 6.07) is 6.71. The minimum atomic E-state index is -1.02. The number of methoxy groups -OCH3 is 1. The van der Waals surface area contributed by atoms with E-state index in [9.17, 15) is 4.79 Å². The molecule has 6 nitrogen and oxygen atoms in total. The third kappa shape index (κ3) is 4.05. The minimum Gasteiger partial charge on any atom is -0.494 e. The van der Waals surface area contributed by atoms with E-state index in [-0.39, 0.29) is 5.56 Å². The van der Waals surface area contributed by atoms with E-state index in [1.165, 1.54) is 12.3 Å². The molecular weight excluding hydrogens is 418 g/mol. The standard InChI is InChI=1S/C14H11Br2N3O3/c1-22-13-10(15)4-8(5-11(13)16)6-18-19-12-3-2-9(7-17-12)14(20)21/h2-7H,1H3,(H,17,19)(H,20,21)/b18-6+. The number of aromatic nitrogens is 1. The van der Waals surface area contributed by atoms with Crippen LogP contribution in [-0.4, -0.2) is 29.4 Å². The lowest BCUT2D eigenvalue weighted by molar-refractivity contribution is 0.0696. The van der Waals surface area contributed by atoms with Gasteiger partial charge in [0.25, 0.3) is 0 Å². The summed E-state index contributed by atoms with van der Waals surface area (Å²) in [6.07, 6.45) is 2.88. The molecule has 114 valence electrons. The van der Waals surface area contributed by atoms with Gasteiger partial charge >= 0.3 is 5.97 Å². The van der Waals surface area contributed by atoms with Crippen molar-refractivity contribution in [2.75, 3.05) is 12.5 Å². The van der Waals surface area contributed by atoms with Crippen molar-refractivity contribution >= 4 is 49.9 Å². The van der Waals surface area contributed by atoms with Crippen LogP contribution in [0.3, 0.4) is 0 Å². The molecule has 2 N–H and O–H groups in total. The molecule has 22 heavy (non-hydrogen) atoms. The van der Waals surface area contributed by atoms with Crippen LogP contribution in [-0.2, 0) is 0 Å². The molecule has 0 saturated carbocycles. The SMILES string of the molecule is COc1c(Br)cc(/C=N/Nc2ccc(C(=O)O)cn2)cc1Br. The largest absolute Gasteiger partial charge is 0.494 e. The number of rotatable bonds is 5. The number of nitrogens with one attached hydrogen (secondary N) is 1. The van der Waals surface area contributed by atoms with Crippen molar-refractivity contribution in [3.8, 4) is 5.75 Å². The summed E-state index contributed by atoms with van der Waals surface area (Å²) in [5, 5.41) is 12.8. The molecule has 0 saturated heterocycles. The molecule has 0 fully saturated rings. The molecule has 0 spiro atoms. The van der Waals surface area contributed by atoms with Gasteiger partial charge in [-0.25, -0.2) is 9.78 Å². The van der Waals surface area contributed by atoms with Crippen molar-refractivity contribution in [3.63, 3.8) is 0 Å². The number of carboxylic acids is 1. The number of aromatic carboxylic acids is 1. The topological polar surface area (TPSA) is 83.8 Å². The number of hydrazone groups is 1. The first-order valence-corrected chi connectivity index (χ1v) is 7.61. The summed E-state index contributed by atoms with van der Waals surface area (Å²) in [7, 11) is 1.59. The van der Waals surface area contributed by atoms with Crippen LogP contribution in [0.25, 0.3) is 0 Å². The van der Waals surface area contributed by atoms with Gasteiger partial charge in [0.15, 0.2) is 0 Å². The summed E-state index contributed by atoms with van der Waals surface area (Å²) in [6.45, 7) is 0. The van der Waals surface area contributed by atoms with Crippen LogP contribution < -0.4 is 10.2 Å². The van der Waals surface area contributed by atoms with Crippen LogP contribution >= 0.6 is 31.9 Å². The van der Waals surface area contributed by atoms with Gasteiger partial charge in [0.1, 0.15) is 11.6 Å². The predicted octanol–water partition coefficient (Wildman–Crippen LogP) is 3.76. The molecule has 1 aromatic carbocycles. The number of nitrogens with zero attached hydrogens (tertiary/aromatic N) is 2. The molecule has 2 aromatic rings. The van der Waals surface area contributed by atoms with E-state index in [2.05, 4.69) is 47.4 Å². The summed E-state index contributed by atoms with van der Waals surface area (Å²) in [5.74, 6) is 0.138. The molecule has 0 aliphatic carbocycles. The maximum absolute atomic E-state index is 10.7. The molecular formula is C14H11Br2N3O3. The summed E-state index contributed by atoms with van der Waals surface area (Å²) < 4.78 is 6.82. The quantitative estimate of drug-likeness (QED) is 0.559. The zero-order valence-corrected chi connectivity index (χ0v) is 14.6. The van der Waals surface area contributed by atoms with Gasteiger partial charge in [-0.2, -0.15) is 5.10 Å². The number of pyridine rings is 1. The summed E-state index contributed by atoms with van der Waals surface area (Å²) in [4.78, 5) is 14.7. The normalized spacial score (nSPS) is 10.7. The van der Waals surface area contributed by atoms with Crippen LogP contribution in [0.1, 0.15) is 15.9 Å². The Morgan fingerprint density at radius 3 is 2.55 bits per heavy atom. The minimum absolute atomic E-state index is 0.123. The highest BCUT2D eigenvalue weighted by atomic mass is 79.9. The van der Waals surface area contributed by atoms with E-state index in [1.807, 2.05) is 12.1 Å². The van der Waals surface area contributed by atoms with Crippen LogP contribution in [0.4, 0.5) is 5.82 Å². The average Bonchev–Trinajstić information content (AvgIpc) is 2.47. The molecule has 0 atom stereocenters. The van der Waals surface area contributed by atoms with Crippen molar-refractivity contribution in [2.24, 2.45) is 5.10 Å². The molecule has 2 rings (SSSR count). The van der Waals surface area contributed by atoms with Crippen LogP contribution in [0.15, 0.2) is 44.5 Å². The number of hydrogen-bond acceptors (Lipinski definition) is 5. The highest BCUT2D eigenvalue weighted by molar-refractivity contribution is 9.11. The number of hydrogen-bond donors (Lipinski definition) is 2. The van der Waals surface area contributed by atoms with Gasteiger partial charge in [-0.3, -0.25) is 5.43 Å². The maximum Gasteiger partial charge on any atom is 0.337 e. The Labute approximate surface area is 143 Å². The smallest absolute Gasteiger partial charge is 0.337 e. The molecule has 0 bridgehead atoms. The van der Waals surface area contributed by atoms with Gasteiger partial charge in [0.05, 0.1) is 27.8 Å². The predicted molar refractivity (Wildman–Crippen MR) is 90.8 cm³/mol. The third-order valence-electron chi connectivity index (χ3n) is 2.63. The van der Waals surface area contributed by atoms with Gasteiger partial charge in [0, 0.05) is 6.20 Å². The lowest BCUT2D eigenvalue weighted by Crippen LogP contribution is -1.99. The number of carbonyl (C=O) groups is 1. The number of ether oxygens (including phenoxy) is 1. The Morgan fingerprint density at radius 1 is 1.36 bits per heavy atom. The second-order valence-electron chi connectivity index (χ2n) is 4.13. The van der Waals surface area contributed by atoms with Gasteiger partial charge in [-0.05, 0) is 61.7 Å². The first kappa shape index (κ1) is 16.4. The fraction of sp³-hybridized carbons (Fsp3) is 0.0714. The van der Waals surface area contributed by atoms with Crippen molar-refractivity contribution in [2.45, 2.75) is 0 Å². The maximum atomic E-state index is 10.7. The van der Waals surface area contributed by atoms with Gasteiger partial charge in [-0.1, -0.05) is 0 Å². The van der Waals surface area contributed by atoms with Crippen LogP contribution in [0, 0.1) is 0 Å². The second-order valence-corrected chi connectivity index (χ2v) is 5.83. The molecule has 0 radical (unpaired) electrons. The highest BCUT2D eigenvalue weighted by Crippen LogP contribution is 2.33. The third-order valence-corrected chi connectivity index (χ3v) is 3.81. The zero-order chi connectivity index (χ0) is 16.1. The van der Waals surface area contributed by atoms with Crippen LogP contribution in [0.2, 0.25) is 0 Å². The summed E-state index contributed by atoms with van der Waals surface area (Å²) >= 11 is 6.82. The fourth-order valence-electron chi connectivity index (χ4n) is 1.61. The molecule has 0 aliphatic rings. The van der Waals surface area contributed by atoms with Gasteiger partial charge in [-0.15, -0.1) is 0 Å². The Kier molecular flexibility index (Phi) is 5.51. The molecule has 1 heterocycles. The van der Waals surface area contributed by atoms with Gasteiger partial charge in [0.2, 0.25) is 0 Å². The molecule has 0 unspecified atom stereocenters. The van der Waals surface area contributed by atoms with E-state index in [1.54, 1.807) is 19.4 Å². The number of benzene rings is 1. The first-order chi connectivity index (χ1) is 10.5. The average molecular weight is 429 g/mol. The molecule has 8 heteroatoms. The van der Waals surface area contributed by atoms with Crippen molar-refractivity contribution in [1.82, 2.24) is 4.98 Å². The fourth-order valence-corrected chi connectivity index (χ4v) is 3.15. The van der Waals surface area contributed by atoms with E-state index in [4.69, 9.17) is 9.84 Å². The lowest BCUT2D eigenvalue weighted by Gasteiger charge is -2.06. The zero-order valence-electron chi connectivity index (χ0n) is 11.4. The molecule has 0 aliphatic heterocycles. The van der Waals surface area contributed by atoms with Gasteiger partial charge < -0.3 is 9.84 Å². The van der Waals surface area contributed by atoms with E-state index in [0.29, 0.717) is 11.6 Å². The van der Waals surface area contributed by atoms with Crippen molar-refractivity contribution in [3.05, 3.63) is 50.5 Å². The summed E-state index contributed by atoms with van der Waals surface area (Å²) in [5.41, 5.74) is 3.69. The number of halogens is 2. The number of carboxylic acid groups (broad SMARTS) is 1. The lowest BCUT2D eigenvalue weighted by atomic mass is 10.2. The Balaban J connectivity index is 2.08.